The monoisotopic (exact) mass is 714 g/mol. The standard InChI is InChI=1S/C45H50N2O6/c1-46-20-18-33-25-41(48-3)43(50-5)27-36(33)38(46)22-30-12-15-35(16-13-30)53-45-24-32(14-17-40(45)52-29-31-10-8-7-9-11-31)23-39-37-28-44(51-6)42(49-4)26-34(37)19-21-47(39)2/h7-17,24-28,38-39H,18-23,29H2,1-6H3/t38-,39-/m1/s1. The average Bonchev–Trinajstić information content (AvgIpc) is 3.19. The van der Waals surface area contributed by atoms with Gasteiger partial charge in [-0.3, -0.25) is 9.80 Å². The molecule has 0 bridgehead atoms. The molecule has 0 N–H and O–H groups in total. The summed E-state index contributed by atoms with van der Waals surface area (Å²) in [7, 11) is 11.2. The maximum Gasteiger partial charge on any atom is 0.169 e. The van der Waals surface area contributed by atoms with Crippen molar-refractivity contribution < 1.29 is 28.4 Å². The molecule has 0 fully saturated rings. The van der Waals surface area contributed by atoms with Crippen LogP contribution in [0.2, 0.25) is 0 Å². The van der Waals surface area contributed by atoms with E-state index in [4.69, 9.17) is 28.4 Å². The summed E-state index contributed by atoms with van der Waals surface area (Å²) in [5.74, 6) is 5.23. The Hall–Kier alpha value is -5.18. The fourth-order valence-corrected chi connectivity index (χ4v) is 7.72. The van der Waals surface area contributed by atoms with Crippen molar-refractivity contribution in [3.63, 3.8) is 0 Å². The highest BCUT2D eigenvalue weighted by molar-refractivity contribution is 5.52. The lowest BCUT2D eigenvalue weighted by Gasteiger charge is -2.35. The second-order valence-corrected chi connectivity index (χ2v) is 14.0. The molecule has 276 valence electrons. The van der Waals surface area contributed by atoms with E-state index in [1.807, 2.05) is 24.3 Å². The third kappa shape index (κ3) is 7.94. The zero-order valence-electron chi connectivity index (χ0n) is 31.7. The zero-order valence-corrected chi connectivity index (χ0v) is 31.7. The Morgan fingerprint density at radius 2 is 1.02 bits per heavy atom. The first-order valence-electron chi connectivity index (χ1n) is 18.3. The maximum absolute atomic E-state index is 6.65. The number of hydrogen-bond donors (Lipinski definition) is 0. The van der Waals surface area contributed by atoms with E-state index in [9.17, 15) is 0 Å². The summed E-state index contributed by atoms with van der Waals surface area (Å²) in [6, 6.07) is 34.0. The van der Waals surface area contributed by atoms with Gasteiger partial charge in [0.05, 0.1) is 28.4 Å². The van der Waals surface area contributed by atoms with Crippen LogP contribution < -0.4 is 28.4 Å². The van der Waals surface area contributed by atoms with E-state index in [1.54, 1.807) is 28.4 Å². The third-order valence-electron chi connectivity index (χ3n) is 10.8. The van der Waals surface area contributed by atoms with Crippen LogP contribution in [0.1, 0.15) is 51.0 Å². The first-order chi connectivity index (χ1) is 25.9. The molecule has 5 aromatic carbocycles. The number of rotatable bonds is 13. The van der Waals surface area contributed by atoms with Gasteiger partial charge in [0.25, 0.3) is 0 Å². The van der Waals surface area contributed by atoms with Gasteiger partial charge in [-0.05, 0) is 127 Å². The molecular weight excluding hydrogens is 665 g/mol. The second-order valence-electron chi connectivity index (χ2n) is 14.0. The van der Waals surface area contributed by atoms with Crippen LogP contribution in [-0.4, -0.2) is 65.4 Å². The van der Waals surface area contributed by atoms with E-state index >= 15 is 0 Å². The molecule has 0 unspecified atom stereocenters. The van der Waals surface area contributed by atoms with Gasteiger partial charge in [0, 0.05) is 25.2 Å². The Labute approximate surface area is 313 Å². The van der Waals surface area contributed by atoms with Crippen molar-refractivity contribution in [3.8, 4) is 40.2 Å². The fraction of sp³-hybridized carbons (Fsp3) is 0.333. The normalized spacial score (nSPS) is 17.0. The van der Waals surface area contributed by atoms with Gasteiger partial charge >= 0.3 is 0 Å². The Bertz CT molecular complexity index is 2010. The van der Waals surface area contributed by atoms with Crippen LogP contribution in [0, 0.1) is 0 Å². The van der Waals surface area contributed by atoms with Gasteiger partial charge < -0.3 is 28.4 Å². The van der Waals surface area contributed by atoms with E-state index in [0.717, 1.165) is 78.6 Å². The van der Waals surface area contributed by atoms with E-state index in [-0.39, 0.29) is 12.1 Å². The van der Waals surface area contributed by atoms with Crippen molar-refractivity contribution in [1.29, 1.82) is 0 Å². The Balaban J connectivity index is 1.14. The number of nitrogens with zero attached hydrogens (tertiary/aromatic N) is 2. The lowest BCUT2D eigenvalue weighted by Crippen LogP contribution is -2.33. The summed E-state index contributed by atoms with van der Waals surface area (Å²) in [5.41, 5.74) is 8.66. The topological polar surface area (TPSA) is 61.9 Å². The Kier molecular flexibility index (Phi) is 11.1. The predicted octanol–water partition coefficient (Wildman–Crippen LogP) is 8.64. The smallest absolute Gasteiger partial charge is 0.169 e. The number of methoxy groups -OCH3 is 4. The first kappa shape index (κ1) is 36.2. The minimum absolute atomic E-state index is 0.172. The molecule has 0 aliphatic carbocycles. The van der Waals surface area contributed by atoms with Crippen molar-refractivity contribution in [1.82, 2.24) is 9.80 Å². The maximum atomic E-state index is 6.65. The third-order valence-corrected chi connectivity index (χ3v) is 10.8. The van der Waals surface area contributed by atoms with Crippen LogP contribution >= 0.6 is 0 Å². The second kappa shape index (κ2) is 16.2. The molecule has 8 heteroatoms. The SMILES string of the molecule is COc1cc2c(cc1OC)[C@@H](Cc1ccc(Oc3cc(C[C@@H]4c5cc(OC)c(OC)cc5CCN4C)ccc3OCc3ccccc3)cc1)N(C)CC2. The van der Waals surface area contributed by atoms with Gasteiger partial charge in [0.15, 0.2) is 34.5 Å². The van der Waals surface area contributed by atoms with Gasteiger partial charge in [0.2, 0.25) is 0 Å². The zero-order chi connectivity index (χ0) is 36.9. The highest BCUT2D eigenvalue weighted by Crippen LogP contribution is 2.42. The van der Waals surface area contributed by atoms with Gasteiger partial charge in [-0.25, -0.2) is 0 Å². The van der Waals surface area contributed by atoms with Crippen molar-refractivity contribution >= 4 is 0 Å². The molecule has 0 saturated heterocycles. The fourth-order valence-electron chi connectivity index (χ4n) is 7.72. The van der Waals surface area contributed by atoms with Crippen LogP contribution in [0.5, 0.6) is 40.2 Å². The molecule has 0 spiro atoms. The van der Waals surface area contributed by atoms with Gasteiger partial charge in [-0.1, -0.05) is 48.5 Å². The molecule has 0 radical (unpaired) electrons. The minimum atomic E-state index is 0.172. The van der Waals surface area contributed by atoms with Gasteiger partial charge in [-0.15, -0.1) is 0 Å². The number of hydrogen-bond acceptors (Lipinski definition) is 8. The summed E-state index contributed by atoms with van der Waals surface area (Å²) in [6.07, 6.45) is 3.62. The highest BCUT2D eigenvalue weighted by atomic mass is 16.5. The number of fused-ring (bicyclic) bond motifs is 2. The lowest BCUT2D eigenvalue weighted by atomic mass is 9.88. The molecule has 53 heavy (non-hydrogen) atoms. The lowest BCUT2D eigenvalue weighted by molar-refractivity contribution is 0.227. The summed E-state index contributed by atoms with van der Waals surface area (Å²) in [4.78, 5) is 4.84. The molecule has 7 rings (SSSR count). The van der Waals surface area contributed by atoms with E-state index in [2.05, 4.69) is 96.7 Å². The van der Waals surface area contributed by atoms with Crippen molar-refractivity contribution in [2.75, 3.05) is 55.6 Å². The molecule has 5 aromatic rings. The van der Waals surface area contributed by atoms with E-state index < -0.39 is 0 Å². The molecule has 0 saturated carbocycles. The van der Waals surface area contributed by atoms with E-state index in [1.165, 1.54) is 27.8 Å². The van der Waals surface area contributed by atoms with Crippen LogP contribution in [-0.2, 0) is 32.3 Å². The van der Waals surface area contributed by atoms with Crippen molar-refractivity contribution in [2.24, 2.45) is 0 Å². The quantitative estimate of drug-likeness (QED) is 0.120. The Morgan fingerprint density at radius 3 is 1.57 bits per heavy atom. The van der Waals surface area contributed by atoms with Crippen molar-refractivity contribution in [3.05, 3.63) is 136 Å². The highest BCUT2D eigenvalue weighted by Gasteiger charge is 2.29. The largest absolute Gasteiger partial charge is 0.493 e. The number of ether oxygens (including phenoxy) is 6. The molecule has 0 amide bonds. The molecule has 2 heterocycles. The minimum Gasteiger partial charge on any atom is -0.493 e. The molecule has 8 nitrogen and oxygen atoms in total. The van der Waals surface area contributed by atoms with E-state index in [0.29, 0.717) is 18.1 Å². The molecular formula is C45H50N2O6. The van der Waals surface area contributed by atoms with Crippen LogP contribution in [0.3, 0.4) is 0 Å². The molecule has 2 aliphatic rings. The molecule has 2 atom stereocenters. The number of likely N-dealkylation sites (N-methyl/N-ethyl adjacent to an activating group) is 2. The van der Waals surface area contributed by atoms with Gasteiger partial charge in [-0.2, -0.15) is 0 Å². The van der Waals surface area contributed by atoms with Crippen LogP contribution in [0.15, 0.2) is 97.1 Å². The summed E-state index contributed by atoms with van der Waals surface area (Å²) in [6.45, 7) is 2.40. The molecule has 2 aliphatic heterocycles. The number of benzene rings is 5. The van der Waals surface area contributed by atoms with Crippen LogP contribution in [0.25, 0.3) is 0 Å². The average molecular weight is 715 g/mol. The first-order valence-corrected chi connectivity index (χ1v) is 18.3. The van der Waals surface area contributed by atoms with Gasteiger partial charge in [0.1, 0.15) is 12.4 Å². The Morgan fingerprint density at radius 1 is 0.509 bits per heavy atom. The van der Waals surface area contributed by atoms with Crippen LogP contribution in [0.4, 0.5) is 0 Å². The summed E-state index contributed by atoms with van der Waals surface area (Å²) < 4.78 is 35.6. The predicted molar refractivity (Wildman–Crippen MR) is 208 cm³/mol. The summed E-state index contributed by atoms with van der Waals surface area (Å²) in [5, 5.41) is 0. The summed E-state index contributed by atoms with van der Waals surface area (Å²) >= 11 is 0. The van der Waals surface area contributed by atoms with Crippen molar-refractivity contribution in [2.45, 2.75) is 44.4 Å². The molecule has 0 aromatic heterocycles.